The fourth-order valence-electron chi connectivity index (χ4n) is 1.51. The Balaban J connectivity index is 2.56. The van der Waals surface area contributed by atoms with Gasteiger partial charge in [-0.1, -0.05) is 0 Å². The predicted octanol–water partition coefficient (Wildman–Crippen LogP) is -1.36. The number of carboxylic acid groups (broad SMARTS) is 1. The third-order valence-corrected chi connectivity index (χ3v) is 2.33. The molecule has 1 aliphatic rings. The third kappa shape index (κ3) is 3.49. The normalized spacial score (nSPS) is 22.7. The van der Waals surface area contributed by atoms with Crippen molar-refractivity contribution < 1.29 is 19.8 Å². The van der Waals surface area contributed by atoms with E-state index in [1.54, 1.807) is 4.90 Å². The Kier molecular flexibility index (Phi) is 3.65. The summed E-state index contributed by atoms with van der Waals surface area (Å²) in [6.07, 6.45) is 0.765. The summed E-state index contributed by atoms with van der Waals surface area (Å²) in [6, 6.07) is 0. The third-order valence-electron chi connectivity index (χ3n) is 2.33. The predicted molar refractivity (Wildman–Crippen MR) is 52.3 cm³/mol. The Morgan fingerprint density at radius 2 is 2.33 bits per heavy atom. The van der Waals surface area contributed by atoms with Crippen molar-refractivity contribution >= 4 is 11.9 Å². The Bertz CT molecular complexity index is 265. The number of β-amino-alcohol motifs (C(OH)–C–C–N with tert-alkyl or cyclic N) is 1. The highest BCUT2D eigenvalue weighted by Crippen LogP contribution is 2.08. The van der Waals surface area contributed by atoms with Crippen molar-refractivity contribution in [3.63, 3.8) is 0 Å². The molecule has 1 aliphatic heterocycles. The maximum atomic E-state index is 11.2. The highest BCUT2D eigenvalue weighted by atomic mass is 16.4. The first-order chi connectivity index (χ1) is 6.92. The number of amides is 1. The maximum absolute atomic E-state index is 11.2. The Morgan fingerprint density at radius 1 is 1.67 bits per heavy atom. The van der Waals surface area contributed by atoms with Crippen LogP contribution in [0.25, 0.3) is 0 Å². The molecule has 1 atom stereocenters. The molecule has 0 radical (unpaired) electrons. The number of nitrogens with zero attached hydrogens (tertiary/aromatic N) is 1. The summed E-state index contributed by atoms with van der Waals surface area (Å²) in [4.78, 5) is 23.5. The van der Waals surface area contributed by atoms with Crippen LogP contribution in [0.5, 0.6) is 0 Å². The monoisotopic (exact) mass is 216 g/mol. The van der Waals surface area contributed by atoms with Gasteiger partial charge >= 0.3 is 5.97 Å². The van der Waals surface area contributed by atoms with Crippen molar-refractivity contribution in [2.75, 3.05) is 26.2 Å². The first kappa shape index (κ1) is 11.9. The number of nitrogens with one attached hydrogen (secondary N) is 1. The molecule has 6 heteroatoms. The minimum Gasteiger partial charge on any atom is -0.479 e. The second-order valence-electron chi connectivity index (χ2n) is 3.99. The molecule has 0 saturated carbocycles. The van der Waals surface area contributed by atoms with Crippen LogP contribution in [0.3, 0.4) is 0 Å². The van der Waals surface area contributed by atoms with Gasteiger partial charge in [0, 0.05) is 19.6 Å². The van der Waals surface area contributed by atoms with Crippen molar-refractivity contribution in [1.29, 1.82) is 0 Å². The van der Waals surface area contributed by atoms with Crippen LogP contribution in [0.1, 0.15) is 13.3 Å². The average Bonchev–Trinajstić information content (AvgIpc) is 2.28. The minimum atomic E-state index is -1.80. The lowest BCUT2D eigenvalue weighted by Crippen LogP contribution is -2.48. The van der Waals surface area contributed by atoms with Gasteiger partial charge in [0.05, 0.1) is 6.54 Å². The number of carboxylic acids is 1. The molecule has 0 aromatic carbocycles. The molecule has 1 amide bonds. The lowest BCUT2D eigenvalue weighted by molar-refractivity contribution is -0.158. The maximum Gasteiger partial charge on any atom is 0.336 e. The van der Waals surface area contributed by atoms with Gasteiger partial charge in [-0.2, -0.15) is 0 Å². The van der Waals surface area contributed by atoms with E-state index in [1.807, 2.05) is 0 Å². The van der Waals surface area contributed by atoms with Gasteiger partial charge in [0.2, 0.25) is 5.91 Å². The Morgan fingerprint density at radius 3 is 2.93 bits per heavy atom. The van der Waals surface area contributed by atoms with E-state index in [-0.39, 0.29) is 19.0 Å². The van der Waals surface area contributed by atoms with Gasteiger partial charge in [-0.3, -0.25) is 9.69 Å². The van der Waals surface area contributed by atoms with Crippen LogP contribution in [-0.4, -0.2) is 58.8 Å². The van der Waals surface area contributed by atoms with Gasteiger partial charge < -0.3 is 15.5 Å². The summed E-state index contributed by atoms with van der Waals surface area (Å²) >= 11 is 0. The number of carbonyl (C=O) groups is 2. The van der Waals surface area contributed by atoms with Crippen molar-refractivity contribution in [2.24, 2.45) is 0 Å². The summed E-state index contributed by atoms with van der Waals surface area (Å²) in [7, 11) is 0. The largest absolute Gasteiger partial charge is 0.479 e. The molecular formula is C9H16N2O4. The topological polar surface area (TPSA) is 89.9 Å². The summed E-state index contributed by atoms with van der Waals surface area (Å²) in [6.45, 7) is 2.56. The van der Waals surface area contributed by atoms with E-state index in [1.165, 1.54) is 6.92 Å². The van der Waals surface area contributed by atoms with Crippen LogP contribution >= 0.6 is 0 Å². The van der Waals surface area contributed by atoms with E-state index in [0.717, 1.165) is 6.42 Å². The second-order valence-corrected chi connectivity index (χ2v) is 3.99. The van der Waals surface area contributed by atoms with E-state index in [0.29, 0.717) is 13.1 Å². The second kappa shape index (κ2) is 4.59. The molecule has 15 heavy (non-hydrogen) atoms. The number of aliphatic hydroxyl groups is 1. The quantitative estimate of drug-likeness (QED) is 0.542. The number of aliphatic carboxylic acids is 1. The van der Waals surface area contributed by atoms with Crippen molar-refractivity contribution in [1.82, 2.24) is 10.2 Å². The molecule has 1 heterocycles. The molecule has 0 bridgehead atoms. The Hall–Kier alpha value is -1.14. The molecule has 0 aliphatic carbocycles. The van der Waals surface area contributed by atoms with Crippen LogP contribution < -0.4 is 5.32 Å². The van der Waals surface area contributed by atoms with Crippen LogP contribution in [0.4, 0.5) is 0 Å². The number of rotatable bonds is 3. The molecule has 1 saturated heterocycles. The van der Waals surface area contributed by atoms with Gasteiger partial charge in [-0.15, -0.1) is 0 Å². The summed E-state index contributed by atoms with van der Waals surface area (Å²) in [5.41, 5.74) is -1.80. The number of hydrogen-bond acceptors (Lipinski definition) is 4. The highest BCUT2D eigenvalue weighted by molar-refractivity contribution is 5.79. The number of hydrogen-bond donors (Lipinski definition) is 3. The molecule has 0 aromatic heterocycles. The van der Waals surface area contributed by atoms with E-state index < -0.39 is 11.6 Å². The van der Waals surface area contributed by atoms with Crippen LogP contribution in [-0.2, 0) is 9.59 Å². The van der Waals surface area contributed by atoms with Crippen molar-refractivity contribution in [2.45, 2.75) is 18.9 Å². The molecular weight excluding hydrogens is 200 g/mol. The zero-order valence-corrected chi connectivity index (χ0v) is 8.69. The first-order valence-corrected chi connectivity index (χ1v) is 4.86. The van der Waals surface area contributed by atoms with Gasteiger partial charge in [0.1, 0.15) is 0 Å². The SMILES string of the molecule is CC(O)(CN1CCCNC(=O)C1)C(=O)O. The zero-order chi connectivity index (χ0) is 11.5. The van der Waals surface area contributed by atoms with Gasteiger partial charge in [-0.25, -0.2) is 4.79 Å². The molecule has 1 rings (SSSR count). The summed E-state index contributed by atoms with van der Waals surface area (Å²) < 4.78 is 0. The molecule has 0 spiro atoms. The Labute approximate surface area is 87.9 Å². The lowest BCUT2D eigenvalue weighted by Gasteiger charge is -2.26. The first-order valence-electron chi connectivity index (χ1n) is 4.86. The van der Waals surface area contributed by atoms with E-state index in [4.69, 9.17) is 5.11 Å². The lowest BCUT2D eigenvalue weighted by atomic mass is 10.1. The molecule has 0 aromatic rings. The number of carbonyl (C=O) groups excluding carboxylic acids is 1. The average molecular weight is 216 g/mol. The fourth-order valence-corrected chi connectivity index (χ4v) is 1.51. The summed E-state index contributed by atoms with van der Waals surface area (Å²) in [5.74, 6) is -1.40. The minimum absolute atomic E-state index is 0.0320. The highest BCUT2D eigenvalue weighted by Gasteiger charge is 2.33. The fraction of sp³-hybridized carbons (Fsp3) is 0.778. The van der Waals surface area contributed by atoms with E-state index in [9.17, 15) is 14.7 Å². The smallest absolute Gasteiger partial charge is 0.336 e. The van der Waals surface area contributed by atoms with Gasteiger partial charge in [0.25, 0.3) is 0 Å². The van der Waals surface area contributed by atoms with Crippen molar-refractivity contribution in [3.8, 4) is 0 Å². The zero-order valence-electron chi connectivity index (χ0n) is 8.69. The molecule has 6 nitrogen and oxygen atoms in total. The molecule has 3 N–H and O–H groups in total. The molecule has 86 valence electrons. The van der Waals surface area contributed by atoms with Crippen molar-refractivity contribution in [3.05, 3.63) is 0 Å². The summed E-state index contributed by atoms with van der Waals surface area (Å²) in [5, 5.41) is 21.0. The van der Waals surface area contributed by atoms with Gasteiger partial charge in [-0.05, 0) is 13.3 Å². The molecule has 1 fully saturated rings. The standard InChI is InChI=1S/C9H16N2O4/c1-9(15,8(13)14)6-11-4-2-3-10-7(12)5-11/h15H,2-6H2,1H3,(H,10,12)(H,13,14). The van der Waals surface area contributed by atoms with Gasteiger partial charge in [0.15, 0.2) is 5.60 Å². The van der Waals surface area contributed by atoms with Crippen LogP contribution in [0.15, 0.2) is 0 Å². The van der Waals surface area contributed by atoms with Crippen LogP contribution in [0.2, 0.25) is 0 Å². The van der Waals surface area contributed by atoms with E-state index in [2.05, 4.69) is 5.32 Å². The van der Waals surface area contributed by atoms with E-state index >= 15 is 0 Å². The molecule has 1 unspecified atom stereocenters. The van der Waals surface area contributed by atoms with Crippen LogP contribution in [0, 0.1) is 0 Å².